The second-order valence-electron chi connectivity index (χ2n) is 7.97. The Morgan fingerprint density at radius 2 is 1.97 bits per heavy atom. The average Bonchev–Trinajstić information content (AvgIpc) is 3.50. The number of nitrogens with zero attached hydrogens (tertiary/aromatic N) is 3. The van der Waals surface area contributed by atoms with E-state index in [4.69, 9.17) is 9.47 Å². The quantitative estimate of drug-likeness (QED) is 0.703. The highest BCUT2D eigenvalue weighted by Gasteiger charge is 2.35. The first-order valence-corrected chi connectivity index (χ1v) is 10.4. The number of hydrogen-bond donors (Lipinski definition) is 1. The number of aromatic nitrogens is 3. The van der Waals surface area contributed by atoms with Crippen LogP contribution in [0.15, 0.2) is 55.2 Å². The molecule has 3 heterocycles. The molecule has 2 aromatic heterocycles. The van der Waals surface area contributed by atoms with Gasteiger partial charge in [-0.3, -0.25) is 9.36 Å². The van der Waals surface area contributed by atoms with Gasteiger partial charge in [-0.25, -0.2) is 9.97 Å². The number of carbonyl (C=O) groups is 1. The molecule has 5 rings (SSSR count). The minimum atomic E-state index is -0.106. The molecule has 1 fully saturated rings. The highest BCUT2D eigenvalue weighted by molar-refractivity contribution is 5.94. The second kappa shape index (κ2) is 7.82. The smallest absolute Gasteiger partial charge is 0.252 e. The maximum Gasteiger partial charge on any atom is 0.252 e. The van der Waals surface area contributed by atoms with Crippen molar-refractivity contribution >= 4 is 5.91 Å². The first-order chi connectivity index (χ1) is 14.7. The van der Waals surface area contributed by atoms with E-state index in [1.165, 1.54) is 12.0 Å². The summed E-state index contributed by atoms with van der Waals surface area (Å²) in [7, 11) is 0. The second-order valence-corrected chi connectivity index (χ2v) is 7.97. The number of imidazole rings is 1. The van der Waals surface area contributed by atoms with Gasteiger partial charge < -0.3 is 14.8 Å². The number of nitrogens with one attached hydrogen (secondary N) is 1. The first kappa shape index (κ1) is 18.7. The van der Waals surface area contributed by atoms with Crippen LogP contribution in [0.4, 0.5) is 0 Å². The molecule has 1 aliphatic carbocycles. The van der Waals surface area contributed by atoms with Gasteiger partial charge in [0.1, 0.15) is 12.1 Å². The van der Waals surface area contributed by atoms with Gasteiger partial charge in [0.15, 0.2) is 11.5 Å². The lowest BCUT2D eigenvalue weighted by molar-refractivity contribution is 0.0936. The molecule has 30 heavy (non-hydrogen) atoms. The Bertz CT molecular complexity index is 1030. The SMILES string of the molecule is O=C(NCC1(c2ccc3c(c2)OCO3)CCCCC1)c1ccc(-n2ccnc2)nc1. The largest absolute Gasteiger partial charge is 0.454 e. The predicted molar refractivity (Wildman–Crippen MR) is 111 cm³/mol. The number of rotatable bonds is 5. The van der Waals surface area contributed by atoms with Crippen molar-refractivity contribution in [3.63, 3.8) is 0 Å². The minimum Gasteiger partial charge on any atom is -0.454 e. The van der Waals surface area contributed by atoms with Crippen molar-refractivity contribution in [1.29, 1.82) is 0 Å². The number of pyridine rings is 1. The van der Waals surface area contributed by atoms with E-state index in [9.17, 15) is 4.79 Å². The number of carbonyl (C=O) groups excluding carboxylic acids is 1. The molecule has 0 spiro atoms. The van der Waals surface area contributed by atoms with Gasteiger partial charge >= 0.3 is 0 Å². The number of fused-ring (bicyclic) bond motifs is 1. The van der Waals surface area contributed by atoms with E-state index in [1.54, 1.807) is 29.4 Å². The fourth-order valence-corrected chi connectivity index (χ4v) is 4.44. The maximum atomic E-state index is 12.8. The summed E-state index contributed by atoms with van der Waals surface area (Å²) in [6.07, 6.45) is 12.5. The van der Waals surface area contributed by atoms with Gasteiger partial charge in [-0.15, -0.1) is 0 Å². The monoisotopic (exact) mass is 404 g/mol. The van der Waals surface area contributed by atoms with Crippen LogP contribution in [0.25, 0.3) is 5.82 Å². The molecule has 0 unspecified atom stereocenters. The highest BCUT2D eigenvalue weighted by Crippen LogP contribution is 2.43. The van der Waals surface area contributed by atoms with E-state index in [2.05, 4.69) is 27.4 Å². The van der Waals surface area contributed by atoms with Gasteiger partial charge in [-0.05, 0) is 42.7 Å². The molecule has 7 heteroatoms. The van der Waals surface area contributed by atoms with Crippen LogP contribution in [0, 0.1) is 0 Å². The summed E-state index contributed by atoms with van der Waals surface area (Å²) in [5.74, 6) is 2.21. The summed E-state index contributed by atoms with van der Waals surface area (Å²) in [6, 6.07) is 9.80. The van der Waals surface area contributed by atoms with Crippen molar-refractivity contribution in [1.82, 2.24) is 19.9 Å². The number of benzene rings is 1. The third-order valence-corrected chi connectivity index (χ3v) is 6.16. The molecule has 154 valence electrons. The fourth-order valence-electron chi connectivity index (χ4n) is 4.44. The minimum absolute atomic E-state index is 0.0843. The normalized spacial score (nSPS) is 16.9. The zero-order valence-electron chi connectivity index (χ0n) is 16.7. The van der Waals surface area contributed by atoms with Gasteiger partial charge in [-0.1, -0.05) is 25.3 Å². The Morgan fingerprint density at radius 3 is 2.73 bits per heavy atom. The molecule has 1 amide bonds. The van der Waals surface area contributed by atoms with Crippen LogP contribution in [-0.2, 0) is 5.41 Å². The van der Waals surface area contributed by atoms with E-state index in [1.807, 2.05) is 18.3 Å². The maximum absolute atomic E-state index is 12.8. The standard InChI is InChI=1S/C23H24N4O3/c28-22(17-4-7-21(25-13-17)27-11-10-24-15-27)26-14-23(8-2-1-3-9-23)18-5-6-19-20(12-18)30-16-29-19/h4-7,10-13,15H,1-3,8-9,14,16H2,(H,26,28). The van der Waals surface area contributed by atoms with Crippen LogP contribution in [0.5, 0.6) is 11.5 Å². The van der Waals surface area contributed by atoms with Gasteiger partial charge in [0.05, 0.1) is 5.56 Å². The molecular formula is C23H24N4O3. The summed E-state index contributed by atoms with van der Waals surface area (Å²) in [4.78, 5) is 21.2. The van der Waals surface area contributed by atoms with E-state index in [0.29, 0.717) is 12.1 Å². The van der Waals surface area contributed by atoms with Gasteiger partial charge in [0, 0.05) is 30.6 Å². The van der Waals surface area contributed by atoms with E-state index >= 15 is 0 Å². The van der Waals surface area contributed by atoms with E-state index in [0.717, 1.165) is 43.0 Å². The molecule has 3 aromatic rings. The summed E-state index contributed by atoms with van der Waals surface area (Å²) in [5, 5.41) is 3.16. The number of ether oxygens (including phenoxy) is 2. The first-order valence-electron chi connectivity index (χ1n) is 10.4. The van der Waals surface area contributed by atoms with Crippen molar-refractivity contribution in [3.05, 3.63) is 66.4 Å². The molecule has 0 atom stereocenters. The molecule has 1 aliphatic heterocycles. The fraction of sp³-hybridized carbons (Fsp3) is 0.348. The number of hydrogen-bond acceptors (Lipinski definition) is 5. The van der Waals surface area contributed by atoms with Crippen molar-refractivity contribution in [2.75, 3.05) is 13.3 Å². The Hall–Kier alpha value is -3.35. The topological polar surface area (TPSA) is 78.3 Å². The summed E-state index contributed by atoms with van der Waals surface area (Å²) in [6.45, 7) is 0.860. The lowest BCUT2D eigenvalue weighted by atomic mass is 9.69. The third kappa shape index (κ3) is 3.51. The molecule has 1 N–H and O–H groups in total. The van der Waals surface area contributed by atoms with Crippen molar-refractivity contribution in [3.8, 4) is 17.3 Å². The molecule has 0 saturated heterocycles. The summed E-state index contributed by atoms with van der Waals surface area (Å²) < 4.78 is 12.9. The van der Waals surface area contributed by atoms with Crippen LogP contribution >= 0.6 is 0 Å². The van der Waals surface area contributed by atoms with Crippen LogP contribution < -0.4 is 14.8 Å². The average molecular weight is 404 g/mol. The summed E-state index contributed by atoms with van der Waals surface area (Å²) in [5.41, 5.74) is 1.68. The van der Waals surface area contributed by atoms with Crippen molar-refractivity contribution < 1.29 is 14.3 Å². The molecule has 1 saturated carbocycles. The van der Waals surface area contributed by atoms with E-state index in [-0.39, 0.29) is 18.1 Å². The van der Waals surface area contributed by atoms with Gasteiger partial charge in [-0.2, -0.15) is 0 Å². The zero-order valence-corrected chi connectivity index (χ0v) is 16.7. The Kier molecular flexibility index (Phi) is 4.86. The predicted octanol–water partition coefficient (Wildman–Crippen LogP) is 3.63. The van der Waals surface area contributed by atoms with E-state index < -0.39 is 0 Å². The molecule has 0 radical (unpaired) electrons. The molecule has 0 bridgehead atoms. The molecule has 1 aromatic carbocycles. The zero-order chi connectivity index (χ0) is 20.4. The van der Waals surface area contributed by atoms with Gasteiger partial charge in [0.2, 0.25) is 6.79 Å². The summed E-state index contributed by atoms with van der Waals surface area (Å²) >= 11 is 0. The molecular weight excluding hydrogens is 380 g/mol. The van der Waals surface area contributed by atoms with Crippen LogP contribution in [0.3, 0.4) is 0 Å². The van der Waals surface area contributed by atoms with Crippen LogP contribution in [0.2, 0.25) is 0 Å². The highest BCUT2D eigenvalue weighted by atomic mass is 16.7. The van der Waals surface area contributed by atoms with Gasteiger partial charge in [0.25, 0.3) is 5.91 Å². The van der Waals surface area contributed by atoms with Crippen LogP contribution in [-0.4, -0.2) is 33.8 Å². The van der Waals surface area contributed by atoms with Crippen molar-refractivity contribution in [2.24, 2.45) is 0 Å². The molecule has 7 nitrogen and oxygen atoms in total. The lowest BCUT2D eigenvalue weighted by Crippen LogP contribution is -2.42. The Labute approximate surface area is 175 Å². The molecule has 2 aliphatic rings. The van der Waals surface area contributed by atoms with Crippen molar-refractivity contribution in [2.45, 2.75) is 37.5 Å². The number of amides is 1. The Morgan fingerprint density at radius 1 is 1.10 bits per heavy atom. The third-order valence-electron chi connectivity index (χ3n) is 6.16. The Balaban J connectivity index is 1.32. The lowest BCUT2D eigenvalue weighted by Gasteiger charge is -2.38. The van der Waals surface area contributed by atoms with Crippen LogP contribution in [0.1, 0.15) is 48.0 Å².